The van der Waals surface area contributed by atoms with Gasteiger partial charge in [0, 0.05) is 17.6 Å². The van der Waals surface area contributed by atoms with E-state index in [2.05, 4.69) is 5.32 Å². The first-order valence-corrected chi connectivity index (χ1v) is 5.87. The lowest BCUT2D eigenvalue weighted by molar-refractivity contribution is -0.116. The minimum absolute atomic E-state index is 0.0799. The van der Waals surface area contributed by atoms with Crippen molar-refractivity contribution in [3.05, 3.63) is 46.2 Å². The number of carbonyl (C=O) groups excluding carboxylic acids is 1. The quantitative estimate of drug-likeness (QED) is 0.879. The summed E-state index contributed by atoms with van der Waals surface area (Å²) in [6, 6.07) is 2.91. The SMILES string of the molecule is N=c1sccn1CC(=O)Nc1ccc(F)cc1F. The maximum Gasteiger partial charge on any atom is 0.244 e. The first-order valence-electron chi connectivity index (χ1n) is 4.99. The highest BCUT2D eigenvalue weighted by molar-refractivity contribution is 7.06. The third-order valence-electron chi connectivity index (χ3n) is 2.20. The zero-order valence-corrected chi connectivity index (χ0v) is 9.93. The minimum Gasteiger partial charge on any atom is -0.322 e. The maximum absolute atomic E-state index is 13.3. The van der Waals surface area contributed by atoms with Gasteiger partial charge in [0.15, 0.2) is 4.80 Å². The van der Waals surface area contributed by atoms with Crippen molar-refractivity contribution >= 4 is 22.9 Å². The highest BCUT2D eigenvalue weighted by Crippen LogP contribution is 2.14. The first kappa shape index (κ1) is 12.4. The van der Waals surface area contributed by atoms with Gasteiger partial charge in [-0.15, -0.1) is 11.3 Å². The molecule has 0 bridgehead atoms. The van der Waals surface area contributed by atoms with Gasteiger partial charge in [-0.25, -0.2) is 8.78 Å². The Labute approximate surface area is 105 Å². The van der Waals surface area contributed by atoms with Crippen LogP contribution < -0.4 is 10.1 Å². The zero-order valence-electron chi connectivity index (χ0n) is 9.11. The molecule has 0 saturated heterocycles. The van der Waals surface area contributed by atoms with E-state index in [1.165, 1.54) is 15.9 Å². The van der Waals surface area contributed by atoms with E-state index < -0.39 is 17.5 Å². The van der Waals surface area contributed by atoms with E-state index in [1.54, 1.807) is 11.6 Å². The second kappa shape index (κ2) is 5.09. The van der Waals surface area contributed by atoms with Gasteiger partial charge in [0.05, 0.1) is 5.69 Å². The van der Waals surface area contributed by atoms with Crippen molar-refractivity contribution in [2.24, 2.45) is 0 Å². The summed E-state index contributed by atoms with van der Waals surface area (Å²) >= 11 is 1.18. The molecular formula is C11H9F2N3OS. The molecule has 2 N–H and O–H groups in total. The molecule has 1 heterocycles. The number of anilines is 1. The van der Waals surface area contributed by atoms with Crippen LogP contribution in [-0.4, -0.2) is 10.5 Å². The average Bonchev–Trinajstić information content (AvgIpc) is 2.69. The fourth-order valence-electron chi connectivity index (χ4n) is 1.36. The van der Waals surface area contributed by atoms with Crippen molar-refractivity contribution < 1.29 is 13.6 Å². The molecule has 0 saturated carbocycles. The molecule has 2 aromatic rings. The summed E-state index contributed by atoms with van der Waals surface area (Å²) in [5, 5.41) is 11.5. The van der Waals surface area contributed by atoms with Crippen LogP contribution in [0.3, 0.4) is 0 Å². The van der Waals surface area contributed by atoms with Crippen molar-refractivity contribution in [1.82, 2.24) is 4.57 Å². The Kier molecular flexibility index (Phi) is 3.52. The number of amides is 1. The summed E-state index contributed by atoms with van der Waals surface area (Å²) < 4.78 is 27.4. The Bertz CT molecular complexity index is 635. The molecule has 0 aliphatic rings. The number of halogens is 2. The number of rotatable bonds is 3. The van der Waals surface area contributed by atoms with Crippen molar-refractivity contribution in [2.45, 2.75) is 6.54 Å². The lowest BCUT2D eigenvalue weighted by atomic mass is 10.3. The molecule has 7 heteroatoms. The fourth-order valence-corrected chi connectivity index (χ4v) is 1.96. The van der Waals surface area contributed by atoms with Crippen molar-refractivity contribution in [3.8, 4) is 0 Å². The average molecular weight is 269 g/mol. The van der Waals surface area contributed by atoms with E-state index in [0.29, 0.717) is 6.07 Å². The molecule has 0 fully saturated rings. The molecule has 94 valence electrons. The smallest absolute Gasteiger partial charge is 0.244 e. The number of nitrogens with zero attached hydrogens (tertiary/aromatic N) is 1. The number of hydrogen-bond acceptors (Lipinski definition) is 3. The number of aromatic nitrogens is 1. The molecule has 4 nitrogen and oxygen atoms in total. The Morgan fingerprint density at radius 3 is 2.83 bits per heavy atom. The summed E-state index contributed by atoms with van der Waals surface area (Å²) in [7, 11) is 0. The van der Waals surface area contributed by atoms with Crippen LogP contribution in [0.5, 0.6) is 0 Å². The van der Waals surface area contributed by atoms with E-state index in [9.17, 15) is 13.6 Å². The summed E-state index contributed by atoms with van der Waals surface area (Å²) in [6.07, 6.45) is 1.59. The van der Waals surface area contributed by atoms with E-state index in [-0.39, 0.29) is 17.0 Å². The van der Waals surface area contributed by atoms with Gasteiger partial charge in [0.1, 0.15) is 18.2 Å². The van der Waals surface area contributed by atoms with Crippen molar-refractivity contribution in [1.29, 1.82) is 5.41 Å². The lowest BCUT2D eigenvalue weighted by Gasteiger charge is -2.06. The molecule has 0 atom stereocenters. The maximum atomic E-state index is 13.3. The molecular weight excluding hydrogens is 260 g/mol. The minimum atomic E-state index is -0.829. The largest absolute Gasteiger partial charge is 0.322 e. The molecule has 1 amide bonds. The second-order valence-corrected chi connectivity index (χ2v) is 4.40. The van der Waals surface area contributed by atoms with Gasteiger partial charge >= 0.3 is 0 Å². The van der Waals surface area contributed by atoms with Crippen LogP contribution >= 0.6 is 11.3 Å². The first-order chi connectivity index (χ1) is 8.56. The van der Waals surface area contributed by atoms with Gasteiger partial charge in [-0.1, -0.05) is 0 Å². The van der Waals surface area contributed by atoms with Gasteiger partial charge in [-0.05, 0) is 12.1 Å². The Hall–Kier alpha value is -2.02. The second-order valence-electron chi connectivity index (χ2n) is 3.51. The highest BCUT2D eigenvalue weighted by atomic mass is 32.1. The molecule has 0 spiro atoms. The molecule has 0 aliphatic heterocycles. The summed E-state index contributed by atoms with van der Waals surface area (Å²) in [4.78, 5) is 11.8. The normalized spacial score (nSPS) is 10.3. The predicted octanol–water partition coefficient (Wildman–Crippen LogP) is 1.95. The van der Waals surface area contributed by atoms with Gasteiger partial charge in [-0.3, -0.25) is 10.2 Å². The van der Waals surface area contributed by atoms with Crippen LogP contribution in [0.1, 0.15) is 0 Å². The Balaban J connectivity index is 2.08. The third kappa shape index (κ3) is 2.80. The number of benzene rings is 1. The molecule has 0 radical (unpaired) electrons. The zero-order chi connectivity index (χ0) is 13.1. The molecule has 0 aliphatic carbocycles. The van der Waals surface area contributed by atoms with Crippen LogP contribution in [0.25, 0.3) is 0 Å². The van der Waals surface area contributed by atoms with Crippen LogP contribution in [0.4, 0.5) is 14.5 Å². The van der Waals surface area contributed by atoms with Gasteiger partial charge in [0.2, 0.25) is 5.91 Å². The highest BCUT2D eigenvalue weighted by Gasteiger charge is 2.08. The van der Waals surface area contributed by atoms with E-state index in [4.69, 9.17) is 5.41 Å². The molecule has 2 rings (SSSR count). The molecule has 1 aromatic carbocycles. The van der Waals surface area contributed by atoms with Gasteiger partial charge in [-0.2, -0.15) is 0 Å². The van der Waals surface area contributed by atoms with E-state index >= 15 is 0 Å². The van der Waals surface area contributed by atoms with E-state index in [1.807, 2.05) is 0 Å². The topological polar surface area (TPSA) is 57.9 Å². The van der Waals surface area contributed by atoms with Crippen LogP contribution in [0, 0.1) is 17.0 Å². The number of thiazole rings is 1. The molecule has 1 aromatic heterocycles. The van der Waals surface area contributed by atoms with Crippen LogP contribution in [0.2, 0.25) is 0 Å². The third-order valence-corrected chi connectivity index (χ3v) is 2.92. The number of nitrogens with one attached hydrogen (secondary N) is 2. The number of carbonyl (C=O) groups is 1. The van der Waals surface area contributed by atoms with Crippen LogP contribution in [0.15, 0.2) is 29.8 Å². The monoisotopic (exact) mass is 269 g/mol. The molecule has 0 unspecified atom stereocenters. The predicted molar refractivity (Wildman–Crippen MR) is 63.2 cm³/mol. The van der Waals surface area contributed by atoms with Gasteiger partial charge in [0.25, 0.3) is 0 Å². The van der Waals surface area contributed by atoms with E-state index in [0.717, 1.165) is 12.1 Å². The fraction of sp³-hybridized carbons (Fsp3) is 0.0909. The summed E-state index contributed by atoms with van der Waals surface area (Å²) in [5.74, 6) is -2.01. The Morgan fingerprint density at radius 1 is 1.44 bits per heavy atom. The van der Waals surface area contributed by atoms with Gasteiger partial charge < -0.3 is 9.88 Å². The lowest BCUT2D eigenvalue weighted by Crippen LogP contribution is -2.24. The summed E-state index contributed by atoms with van der Waals surface area (Å²) in [5.41, 5.74) is -0.0799. The van der Waals surface area contributed by atoms with Crippen molar-refractivity contribution in [3.63, 3.8) is 0 Å². The Morgan fingerprint density at radius 2 is 2.22 bits per heavy atom. The standard InChI is InChI=1S/C11H9F2N3OS/c12-7-1-2-9(8(13)5-7)15-10(17)6-16-3-4-18-11(16)14/h1-5,14H,6H2,(H,15,17). The summed E-state index contributed by atoms with van der Waals surface area (Å²) in [6.45, 7) is -0.0842. The number of hydrogen-bond donors (Lipinski definition) is 2. The van der Waals surface area contributed by atoms with Crippen LogP contribution in [-0.2, 0) is 11.3 Å². The molecule has 18 heavy (non-hydrogen) atoms. The van der Waals surface area contributed by atoms with Crippen molar-refractivity contribution in [2.75, 3.05) is 5.32 Å².